The fourth-order valence-corrected chi connectivity index (χ4v) is 5.75. The third-order valence-electron chi connectivity index (χ3n) is 7.63. The van der Waals surface area contributed by atoms with E-state index in [0.717, 1.165) is 31.4 Å². The number of amides is 1. The second-order valence-electron chi connectivity index (χ2n) is 11.9. The molecular formula is C28H32F3N7O2. The van der Waals surface area contributed by atoms with Crippen LogP contribution in [0.15, 0.2) is 30.5 Å². The number of aryl methyl sites for hydroxylation is 1. The minimum absolute atomic E-state index is 0.0140. The van der Waals surface area contributed by atoms with Gasteiger partial charge in [-0.1, -0.05) is 12.1 Å². The summed E-state index contributed by atoms with van der Waals surface area (Å²) in [5.74, 6) is 0.268. The van der Waals surface area contributed by atoms with E-state index in [9.17, 15) is 23.2 Å². The molecule has 1 spiro atoms. The first-order chi connectivity index (χ1) is 18.7. The van der Waals surface area contributed by atoms with Crippen LogP contribution in [0.25, 0.3) is 11.3 Å². The molecule has 1 saturated carbocycles. The number of nitriles is 1. The third kappa shape index (κ3) is 5.24. The van der Waals surface area contributed by atoms with E-state index in [-0.39, 0.29) is 35.5 Å². The highest BCUT2D eigenvalue weighted by Gasteiger charge is 2.51. The van der Waals surface area contributed by atoms with Gasteiger partial charge in [-0.3, -0.25) is 4.68 Å². The highest BCUT2D eigenvalue weighted by molar-refractivity contribution is 5.74. The smallest absolute Gasteiger partial charge is 0.416 e. The van der Waals surface area contributed by atoms with Crippen molar-refractivity contribution in [2.75, 3.05) is 18.8 Å². The van der Waals surface area contributed by atoms with Gasteiger partial charge in [-0.15, -0.1) is 0 Å². The molecule has 2 aromatic heterocycles. The summed E-state index contributed by atoms with van der Waals surface area (Å²) in [7, 11) is 0. The molecule has 212 valence electrons. The van der Waals surface area contributed by atoms with Crippen molar-refractivity contribution in [2.24, 2.45) is 5.41 Å². The van der Waals surface area contributed by atoms with Crippen LogP contribution in [0.2, 0.25) is 0 Å². The zero-order valence-corrected chi connectivity index (χ0v) is 22.9. The Bertz CT molecular complexity index is 1490. The number of nitrogens with two attached hydrogens (primary N) is 1. The van der Waals surface area contributed by atoms with Gasteiger partial charge in [0.05, 0.1) is 23.8 Å². The molecule has 2 N–H and O–H groups in total. The van der Waals surface area contributed by atoms with Crippen LogP contribution in [-0.4, -0.2) is 49.2 Å². The van der Waals surface area contributed by atoms with Gasteiger partial charge < -0.3 is 15.4 Å². The van der Waals surface area contributed by atoms with Crippen LogP contribution in [0, 0.1) is 23.7 Å². The number of carbonyl (C=O) groups excluding carboxylic acids is 1. The highest BCUT2D eigenvalue weighted by Crippen LogP contribution is 2.55. The molecule has 1 aliphatic heterocycles. The van der Waals surface area contributed by atoms with Crippen molar-refractivity contribution in [1.29, 1.82) is 5.26 Å². The average molecular weight is 556 g/mol. The third-order valence-corrected chi connectivity index (χ3v) is 7.63. The Morgan fingerprint density at radius 3 is 2.62 bits per heavy atom. The van der Waals surface area contributed by atoms with Crippen LogP contribution in [0.1, 0.15) is 68.5 Å². The quantitative estimate of drug-likeness (QED) is 0.452. The van der Waals surface area contributed by atoms with E-state index < -0.39 is 17.3 Å². The van der Waals surface area contributed by atoms with Crippen molar-refractivity contribution in [3.05, 3.63) is 52.8 Å². The first kappa shape index (κ1) is 27.6. The van der Waals surface area contributed by atoms with Gasteiger partial charge in [0, 0.05) is 24.8 Å². The zero-order chi connectivity index (χ0) is 29.0. The van der Waals surface area contributed by atoms with Crippen molar-refractivity contribution in [1.82, 2.24) is 24.5 Å². The lowest BCUT2D eigenvalue weighted by atomic mass is 9.65. The lowest BCUT2D eigenvalue weighted by Crippen LogP contribution is -2.43. The summed E-state index contributed by atoms with van der Waals surface area (Å²) in [5, 5.41) is 19.1. The number of aromatic nitrogens is 4. The van der Waals surface area contributed by atoms with E-state index in [0.29, 0.717) is 35.6 Å². The average Bonchev–Trinajstić information content (AvgIpc) is 3.52. The van der Waals surface area contributed by atoms with Crippen LogP contribution in [0.4, 0.5) is 23.8 Å². The van der Waals surface area contributed by atoms with Crippen molar-refractivity contribution in [3.63, 3.8) is 0 Å². The molecule has 3 heterocycles. The van der Waals surface area contributed by atoms with Gasteiger partial charge in [-0.25, -0.2) is 9.48 Å². The number of benzene rings is 1. The molecule has 5 rings (SSSR count). The van der Waals surface area contributed by atoms with E-state index in [1.165, 1.54) is 6.07 Å². The van der Waals surface area contributed by atoms with Crippen LogP contribution >= 0.6 is 0 Å². The van der Waals surface area contributed by atoms with Gasteiger partial charge in [0.25, 0.3) is 0 Å². The number of ether oxygens (including phenoxy) is 1. The monoisotopic (exact) mass is 555 g/mol. The normalized spacial score (nSPS) is 20.9. The number of nitrogen functional groups attached to an aromatic ring is 1. The predicted molar refractivity (Wildman–Crippen MR) is 141 cm³/mol. The van der Waals surface area contributed by atoms with Crippen LogP contribution in [0.3, 0.4) is 0 Å². The number of likely N-dealkylation sites (tertiary alicyclic amines) is 1. The predicted octanol–water partition coefficient (Wildman–Crippen LogP) is 5.54. The van der Waals surface area contributed by atoms with Gasteiger partial charge in [-0.05, 0) is 70.1 Å². The van der Waals surface area contributed by atoms with E-state index in [1.807, 2.05) is 20.8 Å². The first-order valence-electron chi connectivity index (χ1n) is 13.1. The Morgan fingerprint density at radius 1 is 1.25 bits per heavy atom. The number of hydrogen-bond acceptors (Lipinski definition) is 6. The van der Waals surface area contributed by atoms with Crippen molar-refractivity contribution in [3.8, 4) is 17.3 Å². The summed E-state index contributed by atoms with van der Waals surface area (Å²) >= 11 is 0. The van der Waals surface area contributed by atoms with Crippen molar-refractivity contribution in [2.45, 2.75) is 71.3 Å². The topological polar surface area (TPSA) is 115 Å². The van der Waals surface area contributed by atoms with E-state index in [4.69, 9.17) is 15.6 Å². The number of carbonyl (C=O) groups is 1. The molecule has 0 unspecified atom stereocenters. The maximum absolute atomic E-state index is 13.1. The fraction of sp³-hybridized carbons (Fsp3) is 0.500. The molecule has 1 saturated heterocycles. The first-order valence-corrected chi connectivity index (χ1v) is 13.1. The summed E-state index contributed by atoms with van der Waals surface area (Å²) < 4.78 is 48.2. The Labute approximate surface area is 230 Å². The number of nitrogens with zero attached hydrogens (tertiary/aromatic N) is 6. The lowest BCUT2D eigenvalue weighted by molar-refractivity contribution is -0.137. The van der Waals surface area contributed by atoms with Crippen LogP contribution in [0.5, 0.6) is 0 Å². The van der Waals surface area contributed by atoms with Gasteiger partial charge >= 0.3 is 12.3 Å². The van der Waals surface area contributed by atoms with Crippen molar-refractivity contribution < 1.29 is 22.7 Å². The van der Waals surface area contributed by atoms with Crippen molar-refractivity contribution >= 4 is 11.9 Å². The molecule has 0 atom stereocenters. The molecule has 0 bridgehead atoms. The molecule has 9 nitrogen and oxygen atoms in total. The Morgan fingerprint density at radius 2 is 1.98 bits per heavy atom. The minimum Gasteiger partial charge on any atom is -0.444 e. The van der Waals surface area contributed by atoms with E-state index >= 15 is 0 Å². The van der Waals surface area contributed by atoms with E-state index in [1.54, 1.807) is 33.5 Å². The summed E-state index contributed by atoms with van der Waals surface area (Å²) in [4.78, 5) is 14.3. The second kappa shape index (κ2) is 9.57. The van der Waals surface area contributed by atoms with Gasteiger partial charge in [0.15, 0.2) is 0 Å². The van der Waals surface area contributed by atoms with Gasteiger partial charge in [0.2, 0.25) is 0 Å². The fourth-order valence-electron chi connectivity index (χ4n) is 5.75. The Kier molecular flexibility index (Phi) is 6.59. The molecule has 2 aliphatic rings. The minimum atomic E-state index is -4.43. The zero-order valence-electron chi connectivity index (χ0n) is 22.9. The number of hydrogen-bond donors (Lipinski definition) is 1. The number of rotatable bonds is 4. The maximum atomic E-state index is 13.1. The standard InChI is InChI=1S/C28H32F3N7O2/c1-17-22(15-37(34-17)14-18-6-5-7-19(10-18)28(29,30)31)23-21(13-32)24(33)38(35-23)20-11-27(12-20)8-9-36(16-27)25(39)40-26(2,3)4/h5-7,10,15,20H,8-9,11-12,14,16,33H2,1-4H3. The molecule has 40 heavy (non-hydrogen) atoms. The van der Waals surface area contributed by atoms with Gasteiger partial charge in [0.1, 0.15) is 28.7 Å². The van der Waals surface area contributed by atoms with Crippen LogP contribution in [-0.2, 0) is 17.5 Å². The Hall–Kier alpha value is -4.01. The summed E-state index contributed by atoms with van der Waals surface area (Å²) in [5.41, 5.74) is 7.36. The number of halogens is 3. The molecule has 1 aliphatic carbocycles. The molecule has 1 amide bonds. The molecule has 1 aromatic carbocycles. The Balaban J connectivity index is 1.32. The molecular weight excluding hydrogens is 523 g/mol. The van der Waals surface area contributed by atoms with Crippen LogP contribution < -0.4 is 5.73 Å². The lowest BCUT2D eigenvalue weighted by Gasteiger charge is -2.45. The molecule has 12 heteroatoms. The van der Waals surface area contributed by atoms with Gasteiger partial charge in [-0.2, -0.15) is 28.6 Å². The maximum Gasteiger partial charge on any atom is 0.416 e. The number of alkyl halides is 3. The molecule has 2 fully saturated rings. The SMILES string of the molecule is Cc1nn(Cc2cccc(C(F)(F)F)c2)cc1-c1nn(C2CC3(CCN(C(=O)OC(C)(C)C)C3)C2)c(N)c1C#N. The molecule has 0 radical (unpaired) electrons. The number of anilines is 1. The largest absolute Gasteiger partial charge is 0.444 e. The highest BCUT2D eigenvalue weighted by atomic mass is 19.4. The second-order valence-corrected chi connectivity index (χ2v) is 11.9. The summed E-state index contributed by atoms with van der Waals surface area (Å²) in [6.07, 6.45) is -0.644. The van der Waals surface area contributed by atoms with E-state index in [2.05, 4.69) is 11.2 Å². The molecule has 3 aromatic rings. The summed E-state index contributed by atoms with van der Waals surface area (Å²) in [6, 6.07) is 7.26. The summed E-state index contributed by atoms with van der Waals surface area (Å²) in [6.45, 7) is 8.67.